The molecule has 3 rings (SSSR count). The van der Waals surface area contributed by atoms with E-state index in [-0.39, 0.29) is 11.2 Å². The molecular weight excluding hydrogens is 376 g/mol. The quantitative estimate of drug-likeness (QED) is 0.511. The number of aryl methyl sites for hydroxylation is 3. The highest BCUT2D eigenvalue weighted by Crippen LogP contribution is 2.30. The number of pyridine rings is 1. The second-order valence-electron chi connectivity index (χ2n) is 6.77. The zero-order chi connectivity index (χ0) is 19.6. The van der Waals surface area contributed by atoms with Gasteiger partial charge in [-0.05, 0) is 68.7 Å². The molecule has 5 heteroatoms. The van der Waals surface area contributed by atoms with Crippen molar-refractivity contribution in [2.75, 3.05) is 5.32 Å². The summed E-state index contributed by atoms with van der Waals surface area (Å²) in [6, 6.07) is 13.6. The predicted octanol–water partition coefficient (Wildman–Crippen LogP) is 6.32. The Balaban J connectivity index is 1.84. The van der Waals surface area contributed by atoms with Crippen LogP contribution in [0.4, 0.5) is 5.69 Å². The van der Waals surface area contributed by atoms with Crippen molar-refractivity contribution in [1.29, 1.82) is 0 Å². The highest BCUT2D eigenvalue weighted by atomic mass is 35.5. The van der Waals surface area contributed by atoms with E-state index >= 15 is 0 Å². The van der Waals surface area contributed by atoms with E-state index in [9.17, 15) is 4.79 Å². The van der Waals surface area contributed by atoms with Gasteiger partial charge in [-0.3, -0.25) is 4.79 Å². The third-order valence-corrected chi connectivity index (χ3v) is 5.97. The van der Waals surface area contributed by atoms with Crippen LogP contribution in [0.1, 0.15) is 30.0 Å². The fourth-order valence-electron chi connectivity index (χ4n) is 3.13. The van der Waals surface area contributed by atoms with Gasteiger partial charge in [0.2, 0.25) is 5.91 Å². The number of rotatable bonds is 5. The number of nitrogens with zero attached hydrogens (tertiary/aromatic N) is 1. The summed E-state index contributed by atoms with van der Waals surface area (Å²) in [4.78, 5) is 17.5. The average Bonchev–Trinajstić information content (AvgIpc) is 2.60. The van der Waals surface area contributed by atoms with Gasteiger partial charge in [-0.25, -0.2) is 4.98 Å². The van der Waals surface area contributed by atoms with Gasteiger partial charge in [-0.2, -0.15) is 0 Å². The first-order valence-corrected chi connectivity index (χ1v) is 10.2. The predicted molar refractivity (Wildman–Crippen MR) is 116 cm³/mol. The van der Waals surface area contributed by atoms with Crippen molar-refractivity contribution in [1.82, 2.24) is 4.98 Å². The molecule has 27 heavy (non-hydrogen) atoms. The lowest BCUT2D eigenvalue weighted by Gasteiger charge is -2.16. The zero-order valence-corrected chi connectivity index (χ0v) is 17.5. The number of nitrogens with one attached hydrogen (secondary N) is 1. The van der Waals surface area contributed by atoms with Gasteiger partial charge < -0.3 is 5.32 Å². The Hall–Kier alpha value is -2.04. The van der Waals surface area contributed by atoms with Crippen molar-refractivity contribution in [3.63, 3.8) is 0 Å². The first kappa shape index (κ1) is 19.7. The standard InChI is InChI=1S/C22H23ClN2OS/c1-5-19(22(26)24-17-8-6-7-16(23)12-17)27-20-11-14(3)18-10-13(2)9-15(4)21(18)25-20/h6-12,19H,5H2,1-4H3,(H,24,26). The fraction of sp³-hybridized carbons (Fsp3) is 0.273. The first-order valence-electron chi connectivity index (χ1n) is 8.99. The molecule has 0 radical (unpaired) electrons. The average molecular weight is 399 g/mol. The minimum absolute atomic E-state index is 0.0371. The molecule has 1 aromatic heterocycles. The van der Waals surface area contributed by atoms with Crippen LogP contribution in [0.25, 0.3) is 10.9 Å². The smallest absolute Gasteiger partial charge is 0.237 e. The molecular formula is C22H23ClN2OS. The van der Waals surface area contributed by atoms with Gasteiger partial charge in [0.25, 0.3) is 0 Å². The maximum absolute atomic E-state index is 12.7. The highest BCUT2D eigenvalue weighted by Gasteiger charge is 2.20. The lowest BCUT2D eigenvalue weighted by atomic mass is 10.0. The van der Waals surface area contributed by atoms with Gasteiger partial charge in [0.05, 0.1) is 15.8 Å². The van der Waals surface area contributed by atoms with Crippen molar-refractivity contribution in [3.8, 4) is 0 Å². The Morgan fingerprint density at radius 3 is 2.63 bits per heavy atom. The van der Waals surface area contributed by atoms with Crippen LogP contribution in [0.2, 0.25) is 5.02 Å². The summed E-state index contributed by atoms with van der Waals surface area (Å²) in [5.74, 6) is -0.0371. The summed E-state index contributed by atoms with van der Waals surface area (Å²) in [5, 5.41) is 5.38. The Morgan fingerprint density at radius 2 is 1.93 bits per heavy atom. The minimum atomic E-state index is -0.223. The topological polar surface area (TPSA) is 42.0 Å². The van der Waals surface area contributed by atoms with E-state index in [0.717, 1.165) is 16.1 Å². The third-order valence-electron chi connectivity index (χ3n) is 4.45. The monoisotopic (exact) mass is 398 g/mol. The van der Waals surface area contributed by atoms with Crippen LogP contribution in [0, 0.1) is 20.8 Å². The fourth-order valence-corrected chi connectivity index (χ4v) is 4.34. The van der Waals surface area contributed by atoms with Crippen LogP contribution in [0.5, 0.6) is 0 Å². The summed E-state index contributed by atoms with van der Waals surface area (Å²) in [5.41, 5.74) is 5.29. The number of carbonyl (C=O) groups is 1. The molecule has 0 fully saturated rings. The van der Waals surface area contributed by atoms with E-state index in [0.29, 0.717) is 17.1 Å². The number of aromatic nitrogens is 1. The van der Waals surface area contributed by atoms with E-state index in [1.54, 1.807) is 12.1 Å². The molecule has 2 aromatic carbocycles. The molecule has 3 nitrogen and oxygen atoms in total. The second kappa shape index (κ2) is 8.32. The molecule has 140 valence electrons. The first-order chi connectivity index (χ1) is 12.9. The Bertz CT molecular complexity index is 1000. The van der Waals surface area contributed by atoms with Crippen LogP contribution in [-0.4, -0.2) is 16.1 Å². The van der Waals surface area contributed by atoms with Crippen LogP contribution >= 0.6 is 23.4 Å². The molecule has 1 atom stereocenters. The number of hydrogen-bond donors (Lipinski definition) is 1. The molecule has 0 spiro atoms. The molecule has 0 bridgehead atoms. The minimum Gasteiger partial charge on any atom is -0.325 e. The molecule has 0 aliphatic heterocycles. The molecule has 0 saturated carbocycles. The SMILES string of the molecule is CCC(Sc1cc(C)c2cc(C)cc(C)c2n1)C(=O)Nc1cccc(Cl)c1. The molecule has 0 saturated heterocycles. The number of benzene rings is 2. The van der Waals surface area contributed by atoms with Crippen LogP contribution in [0.15, 0.2) is 47.5 Å². The Labute approximate surface area is 169 Å². The van der Waals surface area contributed by atoms with Gasteiger partial charge in [0, 0.05) is 16.1 Å². The summed E-state index contributed by atoms with van der Waals surface area (Å²) in [6.07, 6.45) is 0.711. The van der Waals surface area contributed by atoms with Gasteiger partial charge in [0.15, 0.2) is 0 Å². The lowest BCUT2D eigenvalue weighted by molar-refractivity contribution is -0.115. The van der Waals surface area contributed by atoms with Crippen LogP contribution < -0.4 is 5.32 Å². The zero-order valence-electron chi connectivity index (χ0n) is 16.0. The number of thioether (sulfide) groups is 1. The van der Waals surface area contributed by atoms with Crippen molar-refractivity contribution < 1.29 is 4.79 Å². The molecule has 0 aliphatic carbocycles. The van der Waals surface area contributed by atoms with Gasteiger partial charge in [-0.1, -0.05) is 48.0 Å². The third kappa shape index (κ3) is 4.63. The summed E-state index contributed by atoms with van der Waals surface area (Å²) in [6.45, 7) is 8.29. The van der Waals surface area contributed by atoms with E-state index in [2.05, 4.69) is 44.3 Å². The molecule has 1 unspecified atom stereocenters. The molecule has 1 N–H and O–H groups in total. The molecule has 1 heterocycles. The van der Waals surface area contributed by atoms with E-state index < -0.39 is 0 Å². The van der Waals surface area contributed by atoms with Gasteiger partial charge in [0.1, 0.15) is 0 Å². The normalized spacial score (nSPS) is 12.2. The number of amides is 1. The molecule has 0 aliphatic rings. The van der Waals surface area contributed by atoms with Crippen molar-refractivity contribution in [3.05, 3.63) is 64.2 Å². The van der Waals surface area contributed by atoms with Gasteiger partial charge in [-0.15, -0.1) is 0 Å². The summed E-state index contributed by atoms with van der Waals surface area (Å²) < 4.78 is 0. The second-order valence-corrected chi connectivity index (χ2v) is 8.43. The summed E-state index contributed by atoms with van der Waals surface area (Å²) >= 11 is 7.51. The number of hydrogen-bond acceptors (Lipinski definition) is 3. The van der Waals surface area contributed by atoms with E-state index in [1.165, 1.54) is 28.3 Å². The Kier molecular flexibility index (Phi) is 6.08. The summed E-state index contributed by atoms with van der Waals surface area (Å²) in [7, 11) is 0. The van der Waals surface area contributed by atoms with Crippen LogP contribution in [-0.2, 0) is 4.79 Å². The maximum atomic E-state index is 12.7. The Morgan fingerprint density at radius 1 is 1.15 bits per heavy atom. The van der Waals surface area contributed by atoms with Crippen molar-refractivity contribution in [2.24, 2.45) is 0 Å². The van der Waals surface area contributed by atoms with Crippen LogP contribution in [0.3, 0.4) is 0 Å². The van der Waals surface area contributed by atoms with E-state index in [1.807, 2.05) is 19.1 Å². The maximum Gasteiger partial charge on any atom is 0.237 e. The highest BCUT2D eigenvalue weighted by molar-refractivity contribution is 8.00. The number of fused-ring (bicyclic) bond motifs is 1. The number of halogens is 1. The lowest BCUT2D eigenvalue weighted by Crippen LogP contribution is -2.24. The molecule has 3 aromatic rings. The largest absolute Gasteiger partial charge is 0.325 e. The molecule has 1 amide bonds. The number of anilines is 1. The van der Waals surface area contributed by atoms with Crippen molar-refractivity contribution in [2.45, 2.75) is 44.4 Å². The van der Waals surface area contributed by atoms with E-state index in [4.69, 9.17) is 16.6 Å². The van der Waals surface area contributed by atoms with Crippen molar-refractivity contribution >= 4 is 45.9 Å². The number of carbonyl (C=O) groups excluding carboxylic acids is 1. The van der Waals surface area contributed by atoms with Gasteiger partial charge >= 0.3 is 0 Å².